The number of hydrogen-bond donors (Lipinski definition) is 0. The molecule has 0 atom stereocenters. The lowest BCUT2D eigenvalue weighted by Gasteiger charge is -1.99. The number of nitro benzene ring substituents is 1. The van der Waals surface area contributed by atoms with Crippen molar-refractivity contribution in [1.29, 1.82) is 0 Å². The minimum atomic E-state index is -0.452. The summed E-state index contributed by atoms with van der Waals surface area (Å²) in [5.74, 6) is 0. The molecule has 3 nitrogen and oxygen atoms in total. The average Bonchev–Trinajstić information content (AvgIpc) is 2.59. The van der Waals surface area contributed by atoms with Crippen LogP contribution in [0.2, 0.25) is 5.02 Å². The first-order chi connectivity index (χ1) is 6.61. The van der Waals surface area contributed by atoms with Crippen LogP contribution in [0.1, 0.15) is 5.56 Å². The van der Waals surface area contributed by atoms with Crippen LogP contribution in [0.15, 0.2) is 17.5 Å². The summed E-state index contributed by atoms with van der Waals surface area (Å²) in [5, 5.41) is 13.5. The van der Waals surface area contributed by atoms with Crippen molar-refractivity contribution in [2.45, 2.75) is 6.92 Å². The highest BCUT2D eigenvalue weighted by Crippen LogP contribution is 2.37. The van der Waals surface area contributed by atoms with Crippen LogP contribution in [0.5, 0.6) is 0 Å². The number of fused-ring (bicyclic) bond motifs is 1. The lowest BCUT2D eigenvalue weighted by molar-refractivity contribution is -0.384. The van der Waals surface area contributed by atoms with Crippen LogP contribution in [0.25, 0.3) is 10.1 Å². The molecule has 0 unspecified atom stereocenters. The Bertz CT molecular complexity index is 521. The molecule has 1 aromatic carbocycles. The highest BCUT2D eigenvalue weighted by Gasteiger charge is 2.17. The van der Waals surface area contributed by atoms with Gasteiger partial charge >= 0.3 is 0 Å². The Morgan fingerprint density at radius 1 is 1.57 bits per heavy atom. The molecule has 0 aliphatic heterocycles. The van der Waals surface area contributed by atoms with Gasteiger partial charge in [-0.15, -0.1) is 11.3 Å². The van der Waals surface area contributed by atoms with Crippen molar-refractivity contribution in [3.63, 3.8) is 0 Å². The highest BCUT2D eigenvalue weighted by molar-refractivity contribution is 7.17. The van der Waals surface area contributed by atoms with E-state index >= 15 is 0 Å². The van der Waals surface area contributed by atoms with Crippen LogP contribution in [0, 0.1) is 17.0 Å². The van der Waals surface area contributed by atoms with E-state index in [1.165, 1.54) is 6.07 Å². The van der Waals surface area contributed by atoms with Crippen LogP contribution < -0.4 is 0 Å². The summed E-state index contributed by atoms with van der Waals surface area (Å²) in [7, 11) is 0. The Morgan fingerprint density at radius 3 is 2.93 bits per heavy atom. The van der Waals surface area contributed by atoms with E-state index in [9.17, 15) is 10.1 Å². The Balaban J connectivity index is 2.88. The third-order valence-electron chi connectivity index (χ3n) is 2.03. The molecule has 0 bridgehead atoms. The number of benzene rings is 1. The second kappa shape index (κ2) is 3.22. The van der Waals surface area contributed by atoms with E-state index in [0.29, 0.717) is 0 Å². The monoisotopic (exact) mass is 227 g/mol. The molecule has 1 heterocycles. The van der Waals surface area contributed by atoms with E-state index in [0.717, 1.165) is 15.6 Å². The largest absolute Gasteiger partial charge is 0.288 e. The molecule has 0 fully saturated rings. The van der Waals surface area contributed by atoms with Crippen molar-refractivity contribution in [2.75, 3.05) is 0 Å². The van der Waals surface area contributed by atoms with Gasteiger partial charge in [0, 0.05) is 16.2 Å². The number of aryl methyl sites for hydroxylation is 1. The molecule has 0 aliphatic carbocycles. The lowest BCUT2D eigenvalue weighted by Crippen LogP contribution is -1.90. The molecule has 2 rings (SSSR count). The number of nitro groups is 1. The maximum absolute atomic E-state index is 10.7. The average molecular weight is 228 g/mol. The lowest BCUT2D eigenvalue weighted by atomic mass is 10.1. The SMILES string of the molecule is Cc1cc([N+](=O)[O-])c(Cl)c2ccsc12. The third-order valence-corrected chi connectivity index (χ3v) is 3.48. The topological polar surface area (TPSA) is 43.1 Å². The zero-order valence-electron chi connectivity index (χ0n) is 7.28. The summed E-state index contributed by atoms with van der Waals surface area (Å²) >= 11 is 7.46. The maximum Gasteiger partial charge on any atom is 0.288 e. The number of halogens is 1. The molecule has 0 spiro atoms. The highest BCUT2D eigenvalue weighted by atomic mass is 35.5. The predicted octanol–water partition coefficient (Wildman–Crippen LogP) is 3.77. The number of hydrogen-bond acceptors (Lipinski definition) is 3. The summed E-state index contributed by atoms with van der Waals surface area (Å²) in [5.41, 5.74) is 0.876. The fourth-order valence-electron chi connectivity index (χ4n) is 1.39. The van der Waals surface area contributed by atoms with E-state index in [4.69, 9.17) is 11.6 Å². The summed E-state index contributed by atoms with van der Waals surface area (Å²) in [4.78, 5) is 10.2. The molecule has 0 amide bonds. The summed E-state index contributed by atoms with van der Waals surface area (Å²) in [6.45, 7) is 1.85. The summed E-state index contributed by atoms with van der Waals surface area (Å²) in [6, 6.07) is 3.32. The van der Waals surface area contributed by atoms with Gasteiger partial charge in [0.05, 0.1) is 4.92 Å². The van der Waals surface area contributed by atoms with Gasteiger partial charge in [0.25, 0.3) is 5.69 Å². The molecular formula is C9H6ClNO2S. The van der Waals surface area contributed by atoms with Crippen molar-refractivity contribution >= 4 is 38.7 Å². The van der Waals surface area contributed by atoms with Crippen molar-refractivity contribution in [3.05, 3.63) is 38.2 Å². The first kappa shape index (κ1) is 9.43. The molecule has 1 aromatic heterocycles. The van der Waals surface area contributed by atoms with Crippen molar-refractivity contribution < 1.29 is 4.92 Å². The zero-order valence-corrected chi connectivity index (χ0v) is 8.85. The van der Waals surface area contributed by atoms with Gasteiger partial charge in [-0.2, -0.15) is 0 Å². The molecule has 0 saturated carbocycles. The van der Waals surface area contributed by atoms with Crippen LogP contribution in [-0.2, 0) is 0 Å². The van der Waals surface area contributed by atoms with Crippen LogP contribution in [-0.4, -0.2) is 4.92 Å². The minimum Gasteiger partial charge on any atom is -0.258 e. The van der Waals surface area contributed by atoms with Gasteiger partial charge in [-0.1, -0.05) is 11.6 Å². The van der Waals surface area contributed by atoms with Gasteiger partial charge in [-0.05, 0) is 23.9 Å². The molecule has 0 N–H and O–H groups in total. The van der Waals surface area contributed by atoms with Crippen LogP contribution >= 0.6 is 22.9 Å². The van der Waals surface area contributed by atoms with Gasteiger partial charge in [-0.25, -0.2) is 0 Å². The molecule has 0 saturated heterocycles. The van der Waals surface area contributed by atoms with E-state index < -0.39 is 4.92 Å². The van der Waals surface area contributed by atoms with Crippen LogP contribution in [0.4, 0.5) is 5.69 Å². The molecule has 2 aromatic rings. The van der Waals surface area contributed by atoms with E-state index in [1.807, 2.05) is 18.4 Å². The molecule has 0 aliphatic rings. The Kier molecular flexibility index (Phi) is 2.17. The van der Waals surface area contributed by atoms with Gasteiger partial charge in [0.2, 0.25) is 0 Å². The minimum absolute atomic E-state index is 0.0185. The van der Waals surface area contributed by atoms with Crippen LogP contribution in [0.3, 0.4) is 0 Å². The molecule has 0 radical (unpaired) electrons. The second-order valence-electron chi connectivity index (χ2n) is 2.95. The smallest absolute Gasteiger partial charge is 0.258 e. The van der Waals surface area contributed by atoms with Gasteiger partial charge in [-0.3, -0.25) is 10.1 Å². The normalized spacial score (nSPS) is 10.7. The number of thiophene rings is 1. The maximum atomic E-state index is 10.7. The van der Waals surface area contributed by atoms with Gasteiger partial charge < -0.3 is 0 Å². The molecular weight excluding hydrogens is 222 g/mol. The van der Waals surface area contributed by atoms with E-state index in [1.54, 1.807) is 11.3 Å². The van der Waals surface area contributed by atoms with E-state index in [2.05, 4.69) is 0 Å². The van der Waals surface area contributed by atoms with Gasteiger partial charge in [0.15, 0.2) is 0 Å². The van der Waals surface area contributed by atoms with Crippen molar-refractivity contribution in [3.8, 4) is 0 Å². The third kappa shape index (κ3) is 1.27. The first-order valence-corrected chi connectivity index (χ1v) is 5.17. The number of rotatable bonds is 1. The Labute approximate surface area is 89.1 Å². The summed E-state index contributed by atoms with van der Waals surface area (Å²) < 4.78 is 1.01. The van der Waals surface area contributed by atoms with Gasteiger partial charge in [0.1, 0.15) is 5.02 Å². The fourth-order valence-corrected chi connectivity index (χ4v) is 2.61. The first-order valence-electron chi connectivity index (χ1n) is 3.92. The quantitative estimate of drug-likeness (QED) is 0.550. The molecule has 14 heavy (non-hydrogen) atoms. The Hall–Kier alpha value is -1.13. The fraction of sp³-hybridized carbons (Fsp3) is 0.111. The molecule has 72 valence electrons. The van der Waals surface area contributed by atoms with E-state index in [-0.39, 0.29) is 10.7 Å². The number of nitrogens with zero attached hydrogens (tertiary/aromatic N) is 1. The predicted molar refractivity (Wildman–Crippen MR) is 58.2 cm³/mol. The zero-order chi connectivity index (χ0) is 10.3. The Morgan fingerprint density at radius 2 is 2.29 bits per heavy atom. The van der Waals surface area contributed by atoms with Crippen molar-refractivity contribution in [2.24, 2.45) is 0 Å². The standard InChI is InChI=1S/C9H6ClNO2S/c1-5-4-7(11(12)13)8(10)6-2-3-14-9(5)6/h2-4H,1H3. The molecule has 5 heteroatoms. The van der Waals surface area contributed by atoms with Crippen molar-refractivity contribution in [1.82, 2.24) is 0 Å². The summed E-state index contributed by atoms with van der Waals surface area (Å²) in [6.07, 6.45) is 0. The second-order valence-corrected chi connectivity index (χ2v) is 4.24.